The summed E-state index contributed by atoms with van der Waals surface area (Å²) in [6, 6.07) is 8.85. The molecule has 2 amide bonds. The van der Waals surface area contributed by atoms with Crippen LogP contribution in [0.15, 0.2) is 30.3 Å². The van der Waals surface area contributed by atoms with E-state index in [0.29, 0.717) is 17.8 Å². The highest BCUT2D eigenvalue weighted by Gasteiger charge is 2.54. The number of carbonyl (C=O) groups is 3. The quantitative estimate of drug-likeness (QED) is 0.692. The maximum Gasteiger partial charge on any atom is 0.307 e. The van der Waals surface area contributed by atoms with Gasteiger partial charge < -0.3 is 15.4 Å². The van der Waals surface area contributed by atoms with E-state index in [4.69, 9.17) is 4.74 Å². The van der Waals surface area contributed by atoms with Crippen molar-refractivity contribution in [3.8, 4) is 0 Å². The summed E-state index contributed by atoms with van der Waals surface area (Å²) in [6.45, 7) is -0.0644. The fourth-order valence-corrected chi connectivity index (χ4v) is 6.17. The molecule has 1 aromatic carbocycles. The van der Waals surface area contributed by atoms with Crippen LogP contribution in [0, 0.1) is 23.2 Å². The molecule has 4 fully saturated rings. The first-order valence-corrected chi connectivity index (χ1v) is 10.7. The van der Waals surface area contributed by atoms with Gasteiger partial charge in [-0.25, -0.2) is 0 Å². The summed E-state index contributed by atoms with van der Waals surface area (Å²) in [4.78, 5) is 37.3. The molecule has 0 heterocycles. The van der Waals surface area contributed by atoms with Gasteiger partial charge >= 0.3 is 5.97 Å². The molecule has 29 heavy (non-hydrogen) atoms. The Morgan fingerprint density at radius 2 is 1.62 bits per heavy atom. The van der Waals surface area contributed by atoms with Gasteiger partial charge in [-0.3, -0.25) is 14.4 Å². The lowest BCUT2D eigenvalue weighted by atomic mass is 9.49. The van der Waals surface area contributed by atoms with E-state index >= 15 is 0 Å². The first kappa shape index (κ1) is 19.9. The molecular weight excluding hydrogens is 368 g/mol. The van der Waals surface area contributed by atoms with Gasteiger partial charge in [0.2, 0.25) is 11.8 Å². The number of hydrogen-bond donors (Lipinski definition) is 2. The molecule has 5 rings (SSSR count). The molecule has 4 aliphatic carbocycles. The highest BCUT2D eigenvalue weighted by molar-refractivity contribution is 5.88. The van der Waals surface area contributed by atoms with Crippen molar-refractivity contribution in [1.82, 2.24) is 10.6 Å². The maximum absolute atomic E-state index is 13.0. The van der Waals surface area contributed by atoms with Gasteiger partial charge in [0.25, 0.3) is 0 Å². The van der Waals surface area contributed by atoms with Crippen LogP contribution in [0.2, 0.25) is 0 Å². The fraction of sp³-hybridized carbons (Fsp3) is 0.609. The molecule has 4 saturated carbocycles. The van der Waals surface area contributed by atoms with Crippen molar-refractivity contribution in [2.45, 2.75) is 51.0 Å². The normalized spacial score (nSPS) is 30.4. The Morgan fingerprint density at radius 3 is 2.17 bits per heavy atom. The van der Waals surface area contributed by atoms with Crippen molar-refractivity contribution in [2.24, 2.45) is 23.2 Å². The van der Waals surface area contributed by atoms with Crippen molar-refractivity contribution in [2.75, 3.05) is 13.7 Å². The van der Waals surface area contributed by atoms with E-state index in [2.05, 4.69) is 10.6 Å². The smallest absolute Gasteiger partial charge is 0.307 e. The predicted molar refractivity (Wildman–Crippen MR) is 108 cm³/mol. The lowest BCUT2D eigenvalue weighted by Gasteiger charge is -2.55. The summed E-state index contributed by atoms with van der Waals surface area (Å²) >= 11 is 0. The molecule has 2 N–H and O–H groups in total. The Hall–Kier alpha value is -2.37. The Bertz CT molecular complexity index is 741. The lowest BCUT2D eigenvalue weighted by Crippen LogP contribution is -2.54. The molecule has 0 saturated heterocycles. The van der Waals surface area contributed by atoms with Crippen molar-refractivity contribution < 1.29 is 19.1 Å². The van der Waals surface area contributed by atoms with Gasteiger partial charge in [0, 0.05) is 5.41 Å². The maximum atomic E-state index is 13.0. The molecule has 156 valence electrons. The molecule has 1 unspecified atom stereocenters. The largest absolute Gasteiger partial charge is 0.469 e. The number of rotatable bonds is 7. The Morgan fingerprint density at radius 1 is 1.03 bits per heavy atom. The van der Waals surface area contributed by atoms with Gasteiger partial charge in [0.15, 0.2) is 0 Å². The van der Waals surface area contributed by atoms with Crippen LogP contribution in [0.3, 0.4) is 0 Å². The molecule has 1 aromatic rings. The van der Waals surface area contributed by atoms with Gasteiger partial charge in [0.05, 0.1) is 26.1 Å². The number of methoxy groups -OCH3 is 1. The van der Waals surface area contributed by atoms with E-state index in [1.54, 1.807) is 0 Å². The predicted octanol–water partition coefficient (Wildman–Crippen LogP) is 2.74. The first-order chi connectivity index (χ1) is 14.0. The molecule has 0 spiro atoms. The van der Waals surface area contributed by atoms with Gasteiger partial charge in [-0.1, -0.05) is 30.3 Å². The summed E-state index contributed by atoms with van der Waals surface area (Å²) in [5, 5.41) is 5.77. The fourth-order valence-electron chi connectivity index (χ4n) is 6.17. The number of amides is 2. The number of hydrogen-bond acceptors (Lipinski definition) is 4. The van der Waals surface area contributed by atoms with E-state index in [0.717, 1.165) is 24.8 Å². The van der Waals surface area contributed by atoms with Crippen LogP contribution in [0.4, 0.5) is 0 Å². The standard InChI is InChI=1S/C23H30N2O4/c1-29-21(27)10-19(18-5-3-2-4-6-18)25-20(26)14-24-22(28)23-11-15-7-16(12-23)9-17(8-15)13-23/h2-6,15-17,19H,7-14H2,1H3,(H,24,28)(H,25,26). The average Bonchev–Trinajstić information content (AvgIpc) is 2.71. The van der Waals surface area contributed by atoms with Crippen molar-refractivity contribution in [3.63, 3.8) is 0 Å². The Labute approximate surface area is 171 Å². The third-order valence-electron chi connectivity index (χ3n) is 7.07. The van der Waals surface area contributed by atoms with Gasteiger partial charge in [-0.15, -0.1) is 0 Å². The molecule has 6 heteroatoms. The Kier molecular flexibility index (Phi) is 5.61. The lowest BCUT2D eigenvalue weighted by molar-refractivity contribution is -0.147. The van der Waals surface area contributed by atoms with Gasteiger partial charge in [-0.2, -0.15) is 0 Å². The van der Waals surface area contributed by atoms with Gasteiger partial charge in [-0.05, 0) is 61.8 Å². The summed E-state index contributed by atoms with van der Waals surface area (Å²) in [6.07, 6.45) is 6.80. The van der Waals surface area contributed by atoms with Crippen molar-refractivity contribution in [3.05, 3.63) is 35.9 Å². The topological polar surface area (TPSA) is 84.5 Å². The molecule has 0 radical (unpaired) electrons. The van der Waals surface area contributed by atoms with Crippen LogP contribution in [0.1, 0.15) is 56.6 Å². The molecule has 6 nitrogen and oxygen atoms in total. The van der Waals surface area contributed by atoms with Crippen LogP contribution >= 0.6 is 0 Å². The molecule has 0 aliphatic heterocycles. The van der Waals surface area contributed by atoms with Gasteiger partial charge in [0.1, 0.15) is 0 Å². The molecule has 0 aromatic heterocycles. The minimum Gasteiger partial charge on any atom is -0.469 e. The van der Waals surface area contributed by atoms with E-state index < -0.39 is 12.0 Å². The zero-order valence-electron chi connectivity index (χ0n) is 17.0. The summed E-state index contributed by atoms with van der Waals surface area (Å²) in [7, 11) is 1.33. The average molecular weight is 399 g/mol. The van der Waals surface area contributed by atoms with E-state index in [-0.39, 0.29) is 30.2 Å². The zero-order chi connectivity index (χ0) is 20.4. The van der Waals surface area contributed by atoms with E-state index in [1.807, 2.05) is 30.3 Å². The molecule has 4 aliphatic rings. The van der Waals surface area contributed by atoms with Crippen LogP contribution in [0.5, 0.6) is 0 Å². The zero-order valence-corrected chi connectivity index (χ0v) is 17.0. The van der Waals surface area contributed by atoms with Crippen LogP contribution in [-0.4, -0.2) is 31.4 Å². The highest BCUT2D eigenvalue weighted by Crippen LogP contribution is 2.60. The van der Waals surface area contributed by atoms with Crippen molar-refractivity contribution in [1.29, 1.82) is 0 Å². The summed E-state index contributed by atoms with van der Waals surface area (Å²) in [5.41, 5.74) is 0.568. The molecular formula is C23H30N2O4. The number of ether oxygens (including phenoxy) is 1. The van der Waals surface area contributed by atoms with E-state index in [9.17, 15) is 14.4 Å². The molecule has 1 atom stereocenters. The minimum atomic E-state index is -0.479. The second-order valence-corrected chi connectivity index (χ2v) is 9.19. The number of carbonyl (C=O) groups excluding carboxylic acids is 3. The summed E-state index contributed by atoms with van der Waals surface area (Å²) < 4.78 is 4.76. The molecule has 4 bridgehead atoms. The van der Waals surface area contributed by atoms with Crippen LogP contribution < -0.4 is 10.6 Å². The number of benzene rings is 1. The first-order valence-electron chi connectivity index (χ1n) is 10.7. The second-order valence-electron chi connectivity index (χ2n) is 9.19. The van der Waals surface area contributed by atoms with E-state index in [1.165, 1.54) is 26.4 Å². The number of nitrogens with one attached hydrogen (secondary N) is 2. The SMILES string of the molecule is COC(=O)CC(NC(=O)CNC(=O)C12CC3CC(CC(C3)C1)C2)c1ccccc1. The minimum absolute atomic E-state index is 0.0379. The third-order valence-corrected chi connectivity index (χ3v) is 7.07. The third kappa shape index (κ3) is 4.31. The second kappa shape index (κ2) is 8.17. The van der Waals surface area contributed by atoms with Crippen LogP contribution in [0.25, 0.3) is 0 Å². The number of esters is 1. The highest BCUT2D eigenvalue weighted by atomic mass is 16.5. The Balaban J connectivity index is 1.35. The van der Waals surface area contributed by atoms with Crippen LogP contribution in [-0.2, 0) is 19.1 Å². The van der Waals surface area contributed by atoms with Crippen molar-refractivity contribution >= 4 is 17.8 Å². The monoisotopic (exact) mass is 398 g/mol. The summed E-state index contributed by atoms with van der Waals surface area (Å²) in [5.74, 6) is 1.41.